The number of carbonyl (C=O) groups excluding carboxylic acids is 3. The van der Waals surface area contributed by atoms with Crippen molar-refractivity contribution in [2.45, 2.75) is 130 Å². The molecular formula is C38H54O8. The largest absolute Gasteiger partial charge is 0.463 e. The minimum Gasteiger partial charge on any atom is -0.463 e. The predicted octanol–water partition coefficient (Wildman–Crippen LogP) is 7.53. The van der Waals surface area contributed by atoms with Crippen molar-refractivity contribution in [3.05, 3.63) is 48.3 Å². The first kappa shape index (κ1) is 34.6. The lowest BCUT2D eigenvalue weighted by molar-refractivity contribution is -0.213. The third-order valence-electron chi connectivity index (χ3n) is 12.1. The number of unbranched alkanes of at least 4 members (excludes halogenated alkanes) is 1. The molecule has 8 nitrogen and oxygen atoms in total. The fourth-order valence-corrected chi connectivity index (χ4v) is 9.89. The molecule has 0 N–H and O–H groups in total. The highest BCUT2D eigenvalue weighted by atomic mass is 16.7. The van der Waals surface area contributed by atoms with Gasteiger partial charge in [-0.3, -0.25) is 14.4 Å². The van der Waals surface area contributed by atoms with Gasteiger partial charge in [0.05, 0.1) is 12.4 Å². The van der Waals surface area contributed by atoms with Crippen LogP contribution in [0.4, 0.5) is 0 Å². The van der Waals surface area contributed by atoms with E-state index in [1.807, 2.05) is 6.08 Å². The predicted molar refractivity (Wildman–Crippen MR) is 174 cm³/mol. The third kappa shape index (κ3) is 7.38. The van der Waals surface area contributed by atoms with Gasteiger partial charge in [0.1, 0.15) is 18.8 Å². The standard InChI is InChI=1S/C38H54O8/c1-7-42-35(41)11-9-8-10-24(2)30-14-15-31-29-13-12-27-22-28(18-20-37(27,5)32(29)19-21-38(30,31)6)45-36-17-16-33(44-26(4)40)34(46-36)23-43-25(3)39/h7,10,12,16-17,28-34,36H,1,8-9,11,13-15,18-23H2,2-6H3/b24-10+/t28-,29?,30+,31?,32?,33-,34+,36?,37-,38+/m0/s1. The van der Waals surface area contributed by atoms with Crippen molar-refractivity contribution in [2.75, 3.05) is 6.61 Å². The Hall–Kier alpha value is -2.71. The topological polar surface area (TPSA) is 97.4 Å². The molecule has 0 aromatic rings. The lowest BCUT2D eigenvalue weighted by Gasteiger charge is -2.58. The SMILES string of the molecule is C=COC(=O)CCC/C=C(\C)[C@H]1CCC2C3CC=C4C[C@@H](OC5C=C[C@H](OC(C)=O)[C@@H](COC(C)=O)O5)CC[C@]4(C)C3CC[C@@]21C. The van der Waals surface area contributed by atoms with E-state index < -0.39 is 30.4 Å². The zero-order valence-corrected chi connectivity index (χ0v) is 28.5. The number of fused-ring (bicyclic) bond motifs is 5. The monoisotopic (exact) mass is 638 g/mol. The van der Waals surface area contributed by atoms with Crippen molar-refractivity contribution in [1.82, 2.24) is 0 Å². The molecule has 3 saturated carbocycles. The van der Waals surface area contributed by atoms with E-state index in [-0.39, 0.29) is 24.1 Å². The van der Waals surface area contributed by atoms with Crippen molar-refractivity contribution < 1.29 is 38.1 Å². The molecule has 5 rings (SSSR count). The molecule has 0 radical (unpaired) electrons. The van der Waals surface area contributed by atoms with Crippen molar-refractivity contribution in [1.29, 1.82) is 0 Å². The number of allylic oxidation sites excluding steroid dienone is 3. The highest BCUT2D eigenvalue weighted by Crippen LogP contribution is 2.67. The molecule has 1 heterocycles. The Labute approximate surface area is 275 Å². The number of hydrogen-bond donors (Lipinski definition) is 0. The molecule has 4 aliphatic carbocycles. The molecule has 254 valence electrons. The number of esters is 3. The van der Waals surface area contributed by atoms with E-state index >= 15 is 0 Å². The molecule has 1 aliphatic heterocycles. The van der Waals surface area contributed by atoms with Gasteiger partial charge < -0.3 is 23.7 Å². The average molecular weight is 639 g/mol. The Morgan fingerprint density at radius 2 is 1.83 bits per heavy atom. The van der Waals surface area contributed by atoms with E-state index in [1.54, 1.807) is 11.6 Å². The Kier molecular flexibility index (Phi) is 11.0. The molecule has 10 atom stereocenters. The van der Waals surface area contributed by atoms with Crippen LogP contribution in [0.25, 0.3) is 0 Å². The van der Waals surface area contributed by atoms with E-state index in [2.05, 4.69) is 39.5 Å². The second kappa shape index (κ2) is 14.6. The number of rotatable bonds is 11. The van der Waals surface area contributed by atoms with E-state index in [0.717, 1.165) is 50.4 Å². The van der Waals surface area contributed by atoms with Crippen LogP contribution < -0.4 is 0 Å². The summed E-state index contributed by atoms with van der Waals surface area (Å²) in [5.41, 5.74) is 3.59. The van der Waals surface area contributed by atoms with Crippen LogP contribution in [0.2, 0.25) is 0 Å². The zero-order valence-electron chi connectivity index (χ0n) is 28.5. The van der Waals surface area contributed by atoms with Gasteiger partial charge in [0.25, 0.3) is 0 Å². The second-order valence-corrected chi connectivity index (χ2v) is 14.7. The Balaban J connectivity index is 1.20. The summed E-state index contributed by atoms with van der Waals surface area (Å²) in [5.74, 6) is 1.76. The normalized spacial score (nSPS) is 38.5. The number of ether oxygens (including phenoxy) is 5. The third-order valence-corrected chi connectivity index (χ3v) is 12.1. The van der Waals surface area contributed by atoms with Gasteiger partial charge in [0.2, 0.25) is 0 Å². The molecule has 0 amide bonds. The van der Waals surface area contributed by atoms with Gasteiger partial charge >= 0.3 is 17.9 Å². The first-order valence-corrected chi connectivity index (χ1v) is 17.4. The van der Waals surface area contributed by atoms with Gasteiger partial charge in [-0.05, 0) is 118 Å². The molecule has 0 spiro atoms. The van der Waals surface area contributed by atoms with E-state index in [9.17, 15) is 14.4 Å². The smallest absolute Gasteiger partial charge is 0.310 e. The maximum Gasteiger partial charge on any atom is 0.310 e. The molecule has 46 heavy (non-hydrogen) atoms. The van der Waals surface area contributed by atoms with Crippen LogP contribution in [0, 0.1) is 34.5 Å². The molecule has 4 unspecified atom stereocenters. The zero-order chi connectivity index (χ0) is 33.1. The summed E-state index contributed by atoms with van der Waals surface area (Å²) >= 11 is 0. The van der Waals surface area contributed by atoms with Crippen molar-refractivity contribution in [3.8, 4) is 0 Å². The number of carbonyl (C=O) groups is 3. The average Bonchev–Trinajstić information content (AvgIpc) is 3.36. The van der Waals surface area contributed by atoms with Gasteiger partial charge in [-0.1, -0.05) is 43.7 Å². The highest BCUT2D eigenvalue weighted by molar-refractivity contribution is 5.69. The van der Waals surface area contributed by atoms with Crippen LogP contribution in [-0.4, -0.2) is 49.1 Å². The molecule has 3 fully saturated rings. The van der Waals surface area contributed by atoms with Crippen LogP contribution in [0.1, 0.15) is 105 Å². The fourth-order valence-electron chi connectivity index (χ4n) is 9.89. The number of hydrogen-bond acceptors (Lipinski definition) is 8. The van der Waals surface area contributed by atoms with Crippen LogP contribution in [-0.2, 0) is 38.1 Å². The van der Waals surface area contributed by atoms with Crippen LogP contribution >= 0.6 is 0 Å². The van der Waals surface area contributed by atoms with Crippen LogP contribution in [0.15, 0.2) is 48.3 Å². The first-order chi connectivity index (χ1) is 21.9. The minimum absolute atomic E-state index is 0.00274. The lowest BCUT2D eigenvalue weighted by atomic mass is 9.47. The van der Waals surface area contributed by atoms with Gasteiger partial charge in [-0.2, -0.15) is 0 Å². The van der Waals surface area contributed by atoms with Gasteiger partial charge in [0.15, 0.2) is 6.29 Å². The fraction of sp³-hybridized carbons (Fsp3) is 0.711. The van der Waals surface area contributed by atoms with E-state index in [4.69, 9.17) is 23.7 Å². The quantitative estimate of drug-likeness (QED) is 0.0753. The maximum absolute atomic E-state index is 11.7. The van der Waals surface area contributed by atoms with Crippen LogP contribution in [0.3, 0.4) is 0 Å². The van der Waals surface area contributed by atoms with Crippen molar-refractivity contribution in [2.24, 2.45) is 34.5 Å². The molecule has 0 aromatic carbocycles. The van der Waals surface area contributed by atoms with Crippen LogP contribution in [0.5, 0.6) is 0 Å². The summed E-state index contributed by atoms with van der Waals surface area (Å²) in [6.07, 6.45) is 19.4. The van der Waals surface area contributed by atoms with E-state index in [0.29, 0.717) is 23.7 Å². The molecule has 0 bridgehead atoms. The summed E-state index contributed by atoms with van der Waals surface area (Å²) in [6.45, 7) is 13.6. The summed E-state index contributed by atoms with van der Waals surface area (Å²) in [5, 5.41) is 0. The molecular weight excluding hydrogens is 584 g/mol. The van der Waals surface area contributed by atoms with Gasteiger partial charge in [-0.15, -0.1) is 0 Å². The van der Waals surface area contributed by atoms with Crippen molar-refractivity contribution in [3.63, 3.8) is 0 Å². The van der Waals surface area contributed by atoms with Gasteiger partial charge in [-0.25, -0.2) is 0 Å². The summed E-state index contributed by atoms with van der Waals surface area (Å²) in [6, 6.07) is 0. The molecule has 5 aliphatic rings. The Morgan fingerprint density at radius 3 is 2.57 bits per heavy atom. The summed E-state index contributed by atoms with van der Waals surface area (Å²) in [4.78, 5) is 34.7. The maximum atomic E-state index is 11.7. The van der Waals surface area contributed by atoms with Gasteiger partial charge in [0, 0.05) is 20.3 Å². The highest BCUT2D eigenvalue weighted by Gasteiger charge is 2.58. The minimum atomic E-state index is -0.621. The molecule has 8 heteroatoms. The van der Waals surface area contributed by atoms with E-state index in [1.165, 1.54) is 51.4 Å². The molecule has 0 aromatic heterocycles. The summed E-state index contributed by atoms with van der Waals surface area (Å²) in [7, 11) is 0. The molecule has 0 saturated heterocycles. The first-order valence-electron chi connectivity index (χ1n) is 17.4. The Bertz CT molecular complexity index is 1250. The van der Waals surface area contributed by atoms with Crippen molar-refractivity contribution >= 4 is 17.9 Å². The second-order valence-electron chi connectivity index (χ2n) is 14.7. The Morgan fingerprint density at radius 1 is 1.02 bits per heavy atom. The summed E-state index contributed by atoms with van der Waals surface area (Å²) < 4.78 is 28.0. The lowest BCUT2D eigenvalue weighted by Crippen LogP contribution is -2.51.